The Morgan fingerprint density at radius 1 is 1.21 bits per heavy atom. The molecule has 0 fully saturated rings. The van der Waals surface area contributed by atoms with Gasteiger partial charge in [-0.25, -0.2) is 4.98 Å². The molecular formula is C15H16N2O2. The van der Waals surface area contributed by atoms with Gasteiger partial charge in [0.25, 0.3) is 5.91 Å². The van der Waals surface area contributed by atoms with E-state index in [0.29, 0.717) is 16.9 Å². The number of hydrogen-bond donors (Lipinski definition) is 2. The number of nitrogens with one attached hydrogen (secondary N) is 1. The lowest BCUT2D eigenvalue weighted by Crippen LogP contribution is -2.15. The fraction of sp³-hybridized carbons (Fsp3) is 0.200. The van der Waals surface area contributed by atoms with Gasteiger partial charge in [-0.1, -0.05) is 6.07 Å². The monoisotopic (exact) mass is 256 g/mol. The van der Waals surface area contributed by atoms with Crippen LogP contribution >= 0.6 is 0 Å². The maximum absolute atomic E-state index is 12.2. The molecule has 0 unspecified atom stereocenters. The van der Waals surface area contributed by atoms with Crippen molar-refractivity contribution in [2.45, 2.75) is 20.8 Å². The maximum atomic E-state index is 12.2. The molecule has 2 N–H and O–H groups in total. The highest BCUT2D eigenvalue weighted by molar-refractivity contribution is 6.05. The topological polar surface area (TPSA) is 62.2 Å². The first kappa shape index (κ1) is 13.1. The van der Waals surface area contributed by atoms with E-state index >= 15 is 0 Å². The zero-order valence-electron chi connectivity index (χ0n) is 11.2. The van der Waals surface area contributed by atoms with Crippen molar-refractivity contribution in [2.75, 3.05) is 5.32 Å². The van der Waals surface area contributed by atoms with E-state index in [9.17, 15) is 9.90 Å². The molecule has 0 saturated carbocycles. The highest BCUT2D eigenvalue weighted by atomic mass is 16.3. The third kappa shape index (κ3) is 2.57. The fourth-order valence-corrected chi connectivity index (χ4v) is 1.92. The van der Waals surface area contributed by atoms with E-state index in [0.717, 1.165) is 11.1 Å². The van der Waals surface area contributed by atoms with E-state index in [4.69, 9.17) is 0 Å². The van der Waals surface area contributed by atoms with Crippen LogP contribution in [0.1, 0.15) is 27.0 Å². The van der Waals surface area contributed by atoms with Crippen LogP contribution in [0.25, 0.3) is 0 Å². The number of carbonyl (C=O) groups is 1. The van der Waals surface area contributed by atoms with E-state index in [1.807, 2.05) is 13.0 Å². The summed E-state index contributed by atoms with van der Waals surface area (Å²) in [5.74, 6) is 0.532. The van der Waals surface area contributed by atoms with Crippen molar-refractivity contribution in [3.8, 4) is 5.75 Å². The number of nitrogens with zero attached hydrogens (tertiary/aromatic N) is 1. The second-order valence-corrected chi connectivity index (χ2v) is 4.51. The van der Waals surface area contributed by atoms with Gasteiger partial charge in [-0.15, -0.1) is 0 Å². The van der Waals surface area contributed by atoms with Crippen molar-refractivity contribution in [1.29, 1.82) is 0 Å². The Hall–Kier alpha value is -2.36. The Morgan fingerprint density at radius 2 is 1.95 bits per heavy atom. The van der Waals surface area contributed by atoms with E-state index < -0.39 is 0 Å². The minimum absolute atomic E-state index is 0.220. The van der Waals surface area contributed by atoms with E-state index in [1.54, 1.807) is 38.2 Å². The molecule has 1 heterocycles. The number of hydrogen-bond acceptors (Lipinski definition) is 3. The van der Waals surface area contributed by atoms with Crippen LogP contribution in [0, 0.1) is 20.8 Å². The quantitative estimate of drug-likeness (QED) is 0.868. The molecule has 1 aromatic heterocycles. The molecule has 4 nitrogen and oxygen atoms in total. The number of pyridine rings is 1. The lowest BCUT2D eigenvalue weighted by atomic mass is 9.98. The number of anilines is 1. The molecule has 0 atom stereocenters. The summed E-state index contributed by atoms with van der Waals surface area (Å²) in [5, 5.41) is 12.6. The number of aromatic hydroxyl groups is 1. The highest BCUT2D eigenvalue weighted by Gasteiger charge is 2.15. The largest absolute Gasteiger partial charge is 0.507 e. The average Bonchev–Trinajstić information content (AvgIpc) is 2.41. The van der Waals surface area contributed by atoms with Gasteiger partial charge in [-0.05, 0) is 55.7 Å². The Bertz CT molecular complexity index is 622. The lowest BCUT2D eigenvalue weighted by molar-refractivity contribution is 0.102. The van der Waals surface area contributed by atoms with Crippen LogP contribution in [-0.2, 0) is 0 Å². The Kier molecular flexibility index (Phi) is 3.51. The fourth-order valence-electron chi connectivity index (χ4n) is 1.92. The predicted molar refractivity (Wildman–Crippen MR) is 74.5 cm³/mol. The van der Waals surface area contributed by atoms with Crippen LogP contribution < -0.4 is 5.32 Å². The third-order valence-electron chi connectivity index (χ3n) is 3.21. The average molecular weight is 256 g/mol. The molecule has 2 rings (SSSR count). The summed E-state index contributed by atoms with van der Waals surface area (Å²) < 4.78 is 0. The summed E-state index contributed by atoms with van der Waals surface area (Å²) in [6.07, 6.45) is 1.62. The first-order chi connectivity index (χ1) is 9.00. The molecule has 0 radical (unpaired) electrons. The molecule has 0 aliphatic rings. The van der Waals surface area contributed by atoms with Crippen molar-refractivity contribution < 1.29 is 9.90 Å². The Balaban J connectivity index is 2.35. The number of amides is 1. The second-order valence-electron chi connectivity index (χ2n) is 4.51. The molecule has 2 aromatic rings. The predicted octanol–water partition coefficient (Wildman–Crippen LogP) is 2.96. The van der Waals surface area contributed by atoms with Crippen LogP contribution in [-0.4, -0.2) is 16.0 Å². The molecule has 0 saturated heterocycles. The molecule has 98 valence electrons. The standard InChI is InChI=1S/C15H16N2O2/c1-9-8-12(10(2)11(3)14(9)18)15(19)17-13-6-4-5-7-16-13/h4-8,18H,1-3H3,(H,16,17,19). The number of phenolic OH excluding ortho intramolecular Hbond substituents is 1. The summed E-state index contributed by atoms with van der Waals surface area (Å²) in [7, 11) is 0. The highest BCUT2D eigenvalue weighted by Crippen LogP contribution is 2.27. The van der Waals surface area contributed by atoms with Gasteiger partial charge in [0.1, 0.15) is 11.6 Å². The third-order valence-corrected chi connectivity index (χ3v) is 3.21. The maximum Gasteiger partial charge on any atom is 0.257 e. The summed E-state index contributed by atoms with van der Waals surface area (Å²) >= 11 is 0. The number of phenols is 1. The Labute approximate surface area is 112 Å². The number of aryl methyl sites for hydroxylation is 1. The SMILES string of the molecule is Cc1cc(C(=O)Nc2ccccn2)c(C)c(C)c1O. The summed E-state index contributed by atoms with van der Waals surface area (Å²) in [5.41, 5.74) is 2.75. The first-order valence-electron chi connectivity index (χ1n) is 6.03. The normalized spacial score (nSPS) is 10.3. The molecule has 0 aliphatic heterocycles. The first-order valence-corrected chi connectivity index (χ1v) is 6.03. The van der Waals surface area contributed by atoms with Crippen molar-refractivity contribution in [2.24, 2.45) is 0 Å². The number of benzene rings is 1. The van der Waals surface area contributed by atoms with Gasteiger partial charge < -0.3 is 10.4 Å². The van der Waals surface area contributed by atoms with E-state index in [1.165, 1.54) is 0 Å². The Morgan fingerprint density at radius 3 is 2.58 bits per heavy atom. The van der Waals surface area contributed by atoms with Gasteiger partial charge in [-0.3, -0.25) is 4.79 Å². The van der Waals surface area contributed by atoms with Crippen molar-refractivity contribution in [1.82, 2.24) is 4.98 Å². The van der Waals surface area contributed by atoms with Crippen LogP contribution in [0.3, 0.4) is 0 Å². The smallest absolute Gasteiger partial charge is 0.257 e. The number of carbonyl (C=O) groups excluding carboxylic acids is 1. The molecular weight excluding hydrogens is 240 g/mol. The number of rotatable bonds is 2. The molecule has 0 bridgehead atoms. The van der Waals surface area contributed by atoms with E-state index in [2.05, 4.69) is 10.3 Å². The summed E-state index contributed by atoms with van der Waals surface area (Å²) in [4.78, 5) is 16.3. The van der Waals surface area contributed by atoms with Crippen LogP contribution in [0.4, 0.5) is 5.82 Å². The number of aromatic nitrogens is 1. The van der Waals surface area contributed by atoms with Gasteiger partial charge in [0.05, 0.1) is 0 Å². The molecule has 19 heavy (non-hydrogen) atoms. The molecule has 0 spiro atoms. The van der Waals surface area contributed by atoms with Crippen LogP contribution in [0.15, 0.2) is 30.5 Å². The molecule has 0 aliphatic carbocycles. The van der Waals surface area contributed by atoms with Crippen LogP contribution in [0.5, 0.6) is 5.75 Å². The second kappa shape index (κ2) is 5.10. The van der Waals surface area contributed by atoms with Crippen molar-refractivity contribution in [3.63, 3.8) is 0 Å². The van der Waals surface area contributed by atoms with Crippen LogP contribution in [0.2, 0.25) is 0 Å². The van der Waals surface area contributed by atoms with Gasteiger partial charge in [0, 0.05) is 11.8 Å². The summed E-state index contributed by atoms with van der Waals surface area (Å²) in [6.45, 7) is 5.40. The zero-order chi connectivity index (χ0) is 14.0. The minimum Gasteiger partial charge on any atom is -0.507 e. The molecule has 1 aromatic carbocycles. The molecule has 4 heteroatoms. The van der Waals surface area contributed by atoms with Crippen molar-refractivity contribution >= 4 is 11.7 Å². The van der Waals surface area contributed by atoms with Gasteiger partial charge in [-0.2, -0.15) is 0 Å². The summed E-state index contributed by atoms with van der Waals surface area (Å²) in [6, 6.07) is 7.02. The van der Waals surface area contributed by atoms with Crippen molar-refractivity contribution in [3.05, 3.63) is 52.7 Å². The van der Waals surface area contributed by atoms with Gasteiger partial charge in [0.2, 0.25) is 0 Å². The zero-order valence-corrected chi connectivity index (χ0v) is 11.2. The van der Waals surface area contributed by atoms with E-state index in [-0.39, 0.29) is 11.7 Å². The minimum atomic E-state index is -0.220. The molecule has 1 amide bonds. The van der Waals surface area contributed by atoms with Gasteiger partial charge >= 0.3 is 0 Å². The lowest BCUT2D eigenvalue weighted by Gasteiger charge is -2.12. The van der Waals surface area contributed by atoms with Gasteiger partial charge in [0.15, 0.2) is 0 Å².